The van der Waals surface area contributed by atoms with E-state index in [2.05, 4.69) is 0 Å². The number of aliphatic hydroxyl groups excluding tert-OH is 12. The minimum atomic E-state index is -1.93. The zero-order chi connectivity index (χ0) is 25.5. The summed E-state index contributed by atoms with van der Waals surface area (Å²) in [6.07, 6.45) is -28.3. The van der Waals surface area contributed by atoms with Gasteiger partial charge in [0, 0.05) is 0 Å². The molecular formula is C18H32O16. The summed E-state index contributed by atoms with van der Waals surface area (Å²) in [6.45, 7) is -1.36. The van der Waals surface area contributed by atoms with Gasteiger partial charge in [-0.05, 0) is 0 Å². The topological polar surface area (TPSA) is 280 Å². The van der Waals surface area contributed by atoms with Gasteiger partial charge in [0.15, 0.2) is 12.6 Å². The molecular weight excluding hydrogens is 472 g/mol. The second-order valence-electron chi connectivity index (χ2n) is 8.60. The highest BCUT2D eigenvalue weighted by Gasteiger charge is 2.53. The van der Waals surface area contributed by atoms with Gasteiger partial charge in [-0.25, -0.2) is 0 Å². The second kappa shape index (κ2) is 11.2. The molecule has 3 rings (SSSR count). The Hall–Kier alpha value is -0.640. The zero-order valence-corrected chi connectivity index (χ0v) is 17.7. The highest BCUT2D eigenvalue weighted by Crippen LogP contribution is 2.30. The predicted molar refractivity (Wildman–Crippen MR) is 101 cm³/mol. The van der Waals surface area contributed by atoms with Crippen molar-refractivity contribution in [1.82, 2.24) is 0 Å². The van der Waals surface area contributed by atoms with Crippen LogP contribution in [0.1, 0.15) is 0 Å². The van der Waals surface area contributed by atoms with Crippen molar-refractivity contribution in [3.63, 3.8) is 0 Å². The Morgan fingerprint density at radius 2 is 0.882 bits per heavy atom. The average molecular weight is 504 g/mol. The molecule has 0 aromatic rings. The van der Waals surface area contributed by atoms with Crippen LogP contribution in [-0.2, 0) is 18.9 Å². The van der Waals surface area contributed by atoms with Crippen LogP contribution in [0.5, 0.6) is 0 Å². The van der Waals surface area contributed by atoms with Crippen LogP contribution >= 0.6 is 0 Å². The van der Waals surface area contributed by atoms with Crippen molar-refractivity contribution in [2.24, 2.45) is 0 Å². The lowest BCUT2D eigenvalue weighted by Gasteiger charge is -2.46. The van der Waals surface area contributed by atoms with Crippen molar-refractivity contribution in [2.75, 3.05) is 13.2 Å². The number of rotatable bonds is 6. The lowest BCUT2D eigenvalue weighted by Crippen LogP contribution is -2.67. The summed E-state index contributed by atoms with van der Waals surface area (Å²) in [5.74, 6) is 0. The molecule has 0 aromatic carbocycles. The van der Waals surface area contributed by atoms with Crippen LogP contribution in [-0.4, -0.2) is 173 Å². The van der Waals surface area contributed by atoms with Crippen LogP contribution in [0.15, 0.2) is 0 Å². The first-order valence-corrected chi connectivity index (χ1v) is 10.6. The maximum absolute atomic E-state index is 10.2. The average Bonchev–Trinajstić information content (AvgIpc) is 2.82. The van der Waals surface area contributed by atoms with Gasteiger partial charge in [-0.3, -0.25) is 0 Å². The summed E-state index contributed by atoms with van der Waals surface area (Å²) in [5.41, 5.74) is 0. The summed E-state index contributed by atoms with van der Waals surface area (Å²) in [6, 6.07) is 0. The van der Waals surface area contributed by atoms with Crippen LogP contribution < -0.4 is 0 Å². The Bertz CT molecular complexity index is 637. The molecule has 12 N–H and O–H groups in total. The highest BCUT2D eigenvalue weighted by atomic mass is 16.7. The molecule has 0 bridgehead atoms. The molecule has 0 amide bonds. The van der Waals surface area contributed by atoms with Gasteiger partial charge < -0.3 is 80.2 Å². The van der Waals surface area contributed by atoms with E-state index in [9.17, 15) is 61.3 Å². The standard InChI is InChI=1S/C18H32O16/c19-1-3-5(20)7(22)14(29)17(32-3)31-2-4-6(21)8(23)15(30)18(33-4)34-16-12(27)10(25)9(24)11(26)13(16)28/h3-30H,1-2H2/t3?,4?,5-,6-,7+,8+,9?,10-,11+,12-,13?,14?,15?,16?,17-,18+/m0/s1. The fourth-order valence-electron chi connectivity index (χ4n) is 4.07. The molecule has 2 saturated heterocycles. The monoisotopic (exact) mass is 504 g/mol. The molecule has 0 radical (unpaired) electrons. The maximum Gasteiger partial charge on any atom is 0.187 e. The lowest BCUT2D eigenvalue weighted by molar-refractivity contribution is -0.351. The molecule has 7 unspecified atom stereocenters. The minimum absolute atomic E-state index is 0.646. The molecule has 200 valence electrons. The lowest BCUT2D eigenvalue weighted by atomic mass is 9.84. The van der Waals surface area contributed by atoms with Gasteiger partial charge in [0.2, 0.25) is 0 Å². The zero-order valence-electron chi connectivity index (χ0n) is 17.7. The fourth-order valence-corrected chi connectivity index (χ4v) is 4.07. The molecule has 3 aliphatic rings. The Morgan fingerprint density at radius 3 is 1.41 bits per heavy atom. The van der Waals surface area contributed by atoms with Crippen molar-refractivity contribution in [1.29, 1.82) is 0 Å². The maximum atomic E-state index is 10.2. The number of hydrogen-bond acceptors (Lipinski definition) is 16. The Labute approximate surface area is 192 Å². The molecule has 0 spiro atoms. The van der Waals surface area contributed by atoms with Crippen LogP contribution in [0.2, 0.25) is 0 Å². The Balaban J connectivity index is 1.67. The molecule has 1 saturated carbocycles. The van der Waals surface area contributed by atoms with Gasteiger partial charge in [-0.1, -0.05) is 0 Å². The predicted octanol–water partition coefficient (Wildman–Crippen LogP) is -8.19. The van der Waals surface area contributed by atoms with E-state index < -0.39 is 111 Å². The fraction of sp³-hybridized carbons (Fsp3) is 1.00. The quantitative estimate of drug-likeness (QED) is 0.160. The Kier molecular flexibility index (Phi) is 9.18. The van der Waals surface area contributed by atoms with E-state index in [4.69, 9.17) is 18.9 Å². The summed E-state index contributed by atoms with van der Waals surface area (Å²) < 4.78 is 21.0. The van der Waals surface area contributed by atoms with E-state index in [1.165, 1.54) is 0 Å². The van der Waals surface area contributed by atoms with E-state index in [-0.39, 0.29) is 0 Å². The van der Waals surface area contributed by atoms with Crippen LogP contribution in [0.25, 0.3) is 0 Å². The third-order valence-corrected chi connectivity index (χ3v) is 6.31. The summed E-state index contributed by atoms with van der Waals surface area (Å²) in [7, 11) is 0. The molecule has 0 aromatic heterocycles. The van der Waals surface area contributed by atoms with Gasteiger partial charge in [0.25, 0.3) is 0 Å². The van der Waals surface area contributed by atoms with E-state index >= 15 is 0 Å². The second-order valence-corrected chi connectivity index (χ2v) is 8.60. The highest BCUT2D eigenvalue weighted by molar-refractivity contribution is 5.00. The smallest absolute Gasteiger partial charge is 0.187 e. The molecule has 16 heteroatoms. The first-order chi connectivity index (χ1) is 15.9. The first-order valence-electron chi connectivity index (χ1n) is 10.6. The van der Waals surface area contributed by atoms with E-state index in [1.54, 1.807) is 0 Å². The van der Waals surface area contributed by atoms with E-state index in [0.717, 1.165) is 0 Å². The van der Waals surface area contributed by atoms with Crippen LogP contribution in [0.4, 0.5) is 0 Å². The Morgan fingerprint density at radius 1 is 0.471 bits per heavy atom. The third-order valence-electron chi connectivity index (χ3n) is 6.31. The normalized spacial score (nSPS) is 54.7. The van der Waals surface area contributed by atoms with Gasteiger partial charge >= 0.3 is 0 Å². The molecule has 2 heterocycles. The third kappa shape index (κ3) is 5.23. The van der Waals surface area contributed by atoms with Gasteiger partial charge in [-0.15, -0.1) is 0 Å². The SMILES string of the molecule is OCC1O[C@H](OCC2O[C@H](OC3C(O)[C@H](O)C(O)[C@H](O)[C@@H]3O)C(O)[C@H](O)[C@H]2O)C(O)[C@H](O)[C@H]1O. The number of ether oxygens (including phenoxy) is 4. The van der Waals surface area contributed by atoms with Crippen LogP contribution in [0.3, 0.4) is 0 Å². The summed E-state index contributed by atoms with van der Waals surface area (Å²) in [5, 5.41) is 119. The van der Waals surface area contributed by atoms with Gasteiger partial charge in [-0.2, -0.15) is 0 Å². The van der Waals surface area contributed by atoms with Gasteiger partial charge in [0.05, 0.1) is 13.2 Å². The van der Waals surface area contributed by atoms with Crippen molar-refractivity contribution in [2.45, 2.75) is 98.0 Å². The summed E-state index contributed by atoms with van der Waals surface area (Å²) in [4.78, 5) is 0. The van der Waals surface area contributed by atoms with E-state index in [1.807, 2.05) is 0 Å². The van der Waals surface area contributed by atoms with Crippen molar-refractivity contribution < 1.29 is 80.2 Å². The largest absolute Gasteiger partial charge is 0.394 e. The molecule has 16 atom stereocenters. The molecule has 16 nitrogen and oxygen atoms in total. The summed E-state index contributed by atoms with van der Waals surface area (Å²) >= 11 is 0. The molecule has 1 aliphatic carbocycles. The molecule has 34 heavy (non-hydrogen) atoms. The van der Waals surface area contributed by atoms with Gasteiger partial charge in [0.1, 0.15) is 85.5 Å². The van der Waals surface area contributed by atoms with Crippen molar-refractivity contribution in [3.05, 3.63) is 0 Å². The molecule has 3 fully saturated rings. The van der Waals surface area contributed by atoms with E-state index in [0.29, 0.717) is 0 Å². The van der Waals surface area contributed by atoms with Crippen LogP contribution in [0, 0.1) is 0 Å². The molecule has 2 aliphatic heterocycles. The van der Waals surface area contributed by atoms with Crippen molar-refractivity contribution in [3.8, 4) is 0 Å². The minimum Gasteiger partial charge on any atom is -0.394 e. The number of aliphatic hydroxyl groups is 12. The van der Waals surface area contributed by atoms with Crippen molar-refractivity contribution >= 4 is 0 Å². The number of hydrogen-bond donors (Lipinski definition) is 12. The first kappa shape index (κ1) is 27.9.